The molecule has 1 aromatic heterocycles. The Balaban J connectivity index is 0.00000280. The number of para-hydroxylation sites is 2. The van der Waals surface area contributed by atoms with Crippen molar-refractivity contribution in [3.63, 3.8) is 0 Å². The molecule has 9 heteroatoms. The molecule has 2 heterocycles. The summed E-state index contributed by atoms with van der Waals surface area (Å²) in [7, 11) is 1.72. The van der Waals surface area contributed by atoms with Crippen molar-refractivity contribution < 1.29 is 4.74 Å². The summed E-state index contributed by atoms with van der Waals surface area (Å²) in [6, 6.07) is 8.49. The van der Waals surface area contributed by atoms with E-state index in [1.165, 1.54) is 0 Å². The number of rotatable bonds is 7. The van der Waals surface area contributed by atoms with Crippen LogP contribution in [0.1, 0.15) is 26.1 Å². The molecule has 1 fully saturated rings. The third-order valence-corrected chi connectivity index (χ3v) is 4.71. The van der Waals surface area contributed by atoms with Crippen LogP contribution >= 0.6 is 24.0 Å². The van der Waals surface area contributed by atoms with Gasteiger partial charge >= 0.3 is 0 Å². The Morgan fingerprint density at radius 3 is 2.89 bits per heavy atom. The topological polar surface area (TPSA) is 79.6 Å². The Hall–Kier alpha value is -2.04. The van der Waals surface area contributed by atoms with Crippen LogP contribution in [-0.4, -0.2) is 53.5 Å². The van der Waals surface area contributed by atoms with E-state index < -0.39 is 0 Å². The third kappa shape index (κ3) is 5.49. The predicted molar refractivity (Wildman–Crippen MR) is 123 cm³/mol. The molecule has 2 aromatic rings. The maximum Gasteiger partial charge on any atom is 0.191 e. The van der Waals surface area contributed by atoms with Crippen LogP contribution in [-0.2, 0) is 13.1 Å². The van der Waals surface area contributed by atoms with Gasteiger partial charge in [0.15, 0.2) is 11.8 Å². The first kappa shape index (κ1) is 22.3. The molecule has 28 heavy (non-hydrogen) atoms. The van der Waals surface area contributed by atoms with Crippen molar-refractivity contribution in [2.24, 2.45) is 4.99 Å². The van der Waals surface area contributed by atoms with Crippen LogP contribution in [0, 0.1) is 0 Å². The minimum absolute atomic E-state index is 0. The van der Waals surface area contributed by atoms with Gasteiger partial charge in [-0.05, 0) is 32.4 Å². The molecule has 0 spiro atoms. The second-order valence-corrected chi connectivity index (χ2v) is 6.48. The van der Waals surface area contributed by atoms with Gasteiger partial charge in [-0.25, -0.2) is 4.99 Å². The molecule has 0 aliphatic carbocycles. The number of anilines is 1. The Labute approximate surface area is 183 Å². The van der Waals surface area contributed by atoms with Crippen molar-refractivity contribution in [3.8, 4) is 5.75 Å². The van der Waals surface area contributed by atoms with Gasteiger partial charge in [0.05, 0.1) is 12.8 Å². The van der Waals surface area contributed by atoms with Gasteiger partial charge in [-0.15, -0.1) is 34.2 Å². The standard InChI is InChI=1S/C19H29N7O.HI/c1-4-20-19(21-12-18-24-22-14-25(18)5-2)23-15-10-11-26(13-15)16-8-6-7-9-17(16)27-3;/h6-9,14-15H,4-5,10-13H2,1-3H3,(H2,20,21,23);1H. The number of aliphatic imine (C=N–C) groups is 1. The van der Waals surface area contributed by atoms with Crippen LogP contribution in [0.25, 0.3) is 0 Å². The molecule has 154 valence electrons. The highest BCUT2D eigenvalue weighted by atomic mass is 127. The van der Waals surface area contributed by atoms with Crippen LogP contribution in [0.4, 0.5) is 5.69 Å². The number of aromatic nitrogens is 3. The molecule has 2 N–H and O–H groups in total. The van der Waals surface area contributed by atoms with Gasteiger partial charge in [-0.1, -0.05) is 12.1 Å². The second kappa shape index (κ2) is 11.1. The average Bonchev–Trinajstić information content (AvgIpc) is 3.35. The number of nitrogens with zero attached hydrogens (tertiary/aromatic N) is 5. The smallest absolute Gasteiger partial charge is 0.191 e. The zero-order chi connectivity index (χ0) is 19.1. The fourth-order valence-corrected chi connectivity index (χ4v) is 3.32. The van der Waals surface area contributed by atoms with Gasteiger partial charge < -0.3 is 24.8 Å². The van der Waals surface area contributed by atoms with Crippen molar-refractivity contribution in [3.05, 3.63) is 36.4 Å². The zero-order valence-corrected chi connectivity index (χ0v) is 19.1. The van der Waals surface area contributed by atoms with Crippen molar-refractivity contribution >= 4 is 35.6 Å². The predicted octanol–water partition coefficient (Wildman–Crippen LogP) is 2.26. The zero-order valence-electron chi connectivity index (χ0n) is 16.8. The molecule has 1 aliphatic heterocycles. The molecule has 1 saturated heterocycles. The molecule has 1 unspecified atom stereocenters. The minimum Gasteiger partial charge on any atom is -0.495 e. The van der Waals surface area contributed by atoms with E-state index in [2.05, 4.69) is 50.6 Å². The van der Waals surface area contributed by atoms with E-state index >= 15 is 0 Å². The van der Waals surface area contributed by atoms with E-state index in [1.54, 1.807) is 13.4 Å². The van der Waals surface area contributed by atoms with Crippen LogP contribution in [0.15, 0.2) is 35.6 Å². The number of guanidine groups is 1. The maximum absolute atomic E-state index is 5.50. The largest absolute Gasteiger partial charge is 0.495 e. The normalized spacial score (nSPS) is 16.6. The number of benzene rings is 1. The van der Waals surface area contributed by atoms with E-state index in [0.717, 1.165) is 55.8 Å². The summed E-state index contributed by atoms with van der Waals surface area (Å²) in [5.74, 6) is 2.60. The number of ether oxygens (including phenoxy) is 1. The van der Waals surface area contributed by atoms with Crippen molar-refractivity contribution in [1.82, 2.24) is 25.4 Å². The Morgan fingerprint density at radius 2 is 2.14 bits per heavy atom. The van der Waals surface area contributed by atoms with Gasteiger partial charge in [0.2, 0.25) is 0 Å². The molecule has 1 aromatic carbocycles. The molecule has 0 radical (unpaired) electrons. The van der Waals surface area contributed by atoms with E-state index in [0.29, 0.717) is 12.6 Å². The second-order valence-electron chi connectivity index (χ2n) is 6.48. The van der Waals surface area contributed by atoms with Crippen LogP contribution in [0.3, 0.4) is 0 Å². The highest BCUT2D eigenvalue weighted by Crippen LogP contribution is 2.30. The lowest BCUT2D eigenvalue weighted by Crippen LogP contribution is -2.44. The summed E-state index contributed by atoms with van der Waals surface area (Å²) in [5.41, 5.74) is 1.14. The van der Waals surface area contributed by atoms with Gasteiger partial charge in [0.1, 0.15) is 18.6 Å². The fraction of sp³-hybridized carbons (Fsp3) is 0.526. The van der Waals surface area contributed by atoms with Gasteiger partial charge in [0.25, 0.3) is 0 Å². The van der Waals surface area contributed by atoms with Gasteiger partial charge in [-0.2, -0.15) is 0 Å². The summed E-state index contributed by atoms with van der Waals surface area (Å²) in [4.78, 5) is 7.04. The lowest BCUT2D eigenvalue weighted by molar-refractivity contribution is 0.415. The van der Waals surface area contributed by atoms with Gasteiger partial charge in [0, 0.05) is 32.2 Å². The van der Waals surface area contributed by atoms with E-state index in [-0.39, 0.29) is 24.0 Å². The van der Waals surface area contributed by atoms with Crippen LogP contribution in [0.2, 0.25) is 0 Å². The number of nitrogens with one attached hydrogen (secondary N) is 2. The third-order valence-electron chi connectivity index (χ3n) is 4.71. The molecular formula is C19H30IN7O. The number of methoxy groups -OCH3 is 1. The van der Waals surface area contributed by atoms with E-state index in [9.17, 15) is 0 Å². The molecular weight excluding hydrogens is 469 g/mol. The number of hydrogen-bond donors (Lipinski definition) is 2. The van der Waals surface area contributed by atoms with Gasteiger partial charge in [-0.3, -0.25) is 0 Å². The summed E-state index contributed by atoms with van der Waals surface area (Å²) < 4.78 is 7.51. The Bertz CT molecular complexity index is 764. The highest BCUT2D eigenvalue weighted by Gasteiger charge is 2.25. The summed E-state index contributed by atoms with van der Waals surface area (Å²) >= 11 is 0. The van der Waals surface area contributed by atoms with E-state index in [1.807, 2.05) is 22.8 Å². The van der Waals surface area contributed by atoms with Crippen molar-refractivity contribution in [2.45, 2.75) is 39.4 Å². The van der Waals surface area contributed by atoms with Crippen molar-refractivity contribution in [1.29, 1.82) is 0 Å². The maximum atomic E-state index is 5.50. The first-order chi connectivity index (χ1) is 13.2. The van der Waals surface area contributed by atoms with E-state index in [4.69, 9.17) is 4.74 Å². The highest BCUT2D eigenvalue weighted by molar-refractivity contribution is 14.0. The lowest BCUT2D eigenvalue weighted by atomic mass is 10.2. The Morgan fingerprint density at radius 1 is 1.32 bits per heavy atom. The summed E-state index contributed by atoms with van der Waals surface area (Å²) in [5, 5.41) is 15.0. The summed E-state index contributed by atoms with van der Waals surface area (Å²) in [6.07, 6.45) is 2.79. The summed E-state index contributed by atoms with van der Waals surface area (Å²) in [6.45, 7) is 8.21. The lowest BCUT2D eigenvalue weighted by Gasteiger charge is -2.22. The molecule has 0 amide bonds. The average molecular weight is 499 g/mol. The minimum atomic E-state index is 0. The molecule has 0 bridgehead atoms. The number of aryl methyl sites for hydroxylation is 1. The number of halogens is 1. The Kier molecular flexibility index (Phi) is 8.81. The molecule has 0 saturated carbocycles. The molecule has 1 aliphatic rings. The monoisotopic (exact) mass is 499 g/mol. The first-order valence-electron chi connectivity index (χ1n) is 9.54. The number of hydrogen-bond acceptors (Lipinski definition) is 5. The SMILES string of the molecule is CCNC(=NCc1nncn1CC)NC1CCN(c2ccccc2OC)C1.I. The fourth-order valence-electron chi connectivity index (χ4n) is 3.32. The quantitative estimate of drug-likeness (QED) is 0.346. The molecule has 8 nitrogen and oxygen atoms in total. The molecule has 3 rings (SSSR count). The molecule has 1 atom stereocenters. The van der Waals surface area contributed by atoms with Crippen molar-refractivity contribution in [2.75, 3.05) is 31.6 Å². The van der Waals surface area contributed by atoms with Crippen LogP contribution < -0.4 is 20.3 Å². The van der Waals surface area contributed by atoms with Crippen LogP contribution in [0.5, 0.6) is 5.75 Å². The first-order valence-corrected chi connectivity index (χ1v) is 9.54.